The summed E-state index contributed by atoms with van der Waals surface area (Å²) < 4.78 is 33.1. The highest BCUT2D eigenvalue weighted by molar-refractivity contribution is 7.89. The van der Waals surface area contributed by atoms with Gasteiger partial charge in [-0.15, -0.1) is 0 Å². The van der Waals surface area contributed by atoms with Crippen LogP contribution in [0.25, 0.3) is 0 Å². The highest BCUT2D eigenvalue weighted by Crippen LogP contribution is 2.31. The molecule has 2 atom stereocenters. The van der Waals surface area contributed by atoms with Crippen molar-refractivity contribution < 1.29 is 22.7 Å². The average Bonchev–Trinajstić information content (AvgIpc) is 2.90. The molecule has 2 aromatic rings. The van der Waals surface area contributed by atoms with Crippen LogP contribution in [0, 0.1) is 6.92 Å². The molecule has 2 heterocycles. The smallest absolute Gasteiger partial charge is 0.264 e. The van der Waals surface area contributed by atoms with Crippen LogP contribution in [0.2, 0.25) is 0 Å². The molecule has 0 saturated carbocycles. The number of nitrogens with zero attached hydrogens (tertiary/aromatic N) is 2. The lowest BCUT2D eigenvalue weighted by atomic mass is 9.86. The van der Waals surface area contributed by atoms with Crippen LogP contribution in [0.15, 0.2) is 59.8 Å². The fourth-order valence-corrected chi connectivity index (χ4v) is 6.78. The molecule has 1 aliphatic carbocycles. The van der Waals surface area contributed by atoms with Gasteiger partial charge in [0, 0.05) is 32.0 Å². The molecule has 3 aliphatic rings. The van der Waals surface area contributed by atoms with Crippen LogP contribution in [-0.2, 0) is 37.3 Å². The maximum atomic E-state index is 13.3. The third kappa shape index (κ3) is 5.77. The van der Waals surface area contributed by atoms with Crippen molar-refractivity contribution in [3.05, 3.63) is 77.1 Å². The molecular formula is C28H34N4O5S. The number of hydrogen-bond acceptors (Lipinski definition) is 6. The van der Waals surface area contributed by atoms with Crippen molar-refractivity contribution in [1.29, 1.82) is 0 Å². The molecule has 202 valence electrons. The molecule has 0 spiro atoms. The molecule has 0 radical (unpaired) electrons. The minimum Gasteiger partial charge on any atom is -0.379 e. The first-order valence-electron chi connectivity index (χ1n) is 13.1. The van der Waals surface area contributed by atoms with E-state index in [1.165, 1.54) is 35.7 Å². The summed E-state index contributed by atoms with van der Waals surface area (Å²) in [6, 6.07) is 11.5. The summed E-state index contributed by atoms with van der Waals surface area (Å²) in [5.41, 5.74) is 4.50. The van der Waals surface area contributed by atoms with Crippen molar-refractivity contribution >= 4 is 21.8 Å². The zero-order valence-corrected chi connectivity index (χ0v) is 22.4. The number of sulfonamides is 1. The van der Waals surface area contributed by atoms with Crippen molar-refractivity contribution in [2.45, 2.75) is 56.1 Å². The first-order valence-corrected chi connectivity index (χ1v) is 14.5. The fraction of sp³-hybridized carbons (Fsp3) is 0.429. The predicted molar refractivity (Wildman–Crippen MR) is 142 cm³/mol. The van der Waals surface area contributed by atoms with Crippen LogP contribution in [0.4, 0.5) is 0 Å². The quantitative estimate of drug-likeness (QED) is 0.561. The molecule has 38 heavy (non-hydrogen) atoms. The molecule has 0 unspecified atom stereocenters. The molecular weight excluding hydrogens is 504 g/mol. The zero-order chi connectivity index (χ0) is 26.7. The van der Waals surface area contributed by atoms with Gasteiger partial charge in [-0.2, -0.15) is 0 Å². The molecule has 10 heteroatoms. The maximum Gasteiger partial charge on any atom is 0.264 e. The van der Waals surface area contributed by atoms with Crippen LogP contribution < -0.4 is 10.6 Å². The first-order chi connectivity index (χ1) is 18.3. The van der Waals surface area contributed by atoms with E-state index in [0.29, 0.717) is 0 Å². The molecule has 1 saturated heterocycles. The normalized spacial score (nSPS) is 22.0. The largest absolute Gasteiger partial charge is 0.379 e. The standard InChI is InChI=1S/C28H34N4O5S/c1-20-5-8-23(9-6-20)38(35,36)32-12-11-29-28(34)26(32)18-27(33)30-25-4-2-3-22-17-21(7-10-24(22)25)19-31-13-15-37-16-14-31/h5-12,17,25-26H,2-4,13-16,18-19H2,1H3,(H,29,34)(H,30,33)/t25-,26-/m1/s1. The average molecular weight is 539 g/mol. The summed E-state index contributed by atoms with van der Waals surface area (Å²) in [5, 5.41) is 5.61. The topological polar surface area (TPSA) is 108 Å². The Bertz CT molecular complexity index is 1320. The monoisotopic (exact) mass is 538 g/mol. The van der Waals surface area contributed by atoms with Crippen LogP contribution in [0.5, 0.6) is 0 Å². The van der Waals surface area contributed by atoms with Gasteiger partial charge < -0.3 is 15.4 Å². The number of aryl methyl sites for hydroxylation is 2. The summed E-state index contributed by atoms with van der Waals surface area (Å²) in [6.45, 7) is 6.12. The van der Waals surface area contributed by atoms with E-state index in [4.69, 9.17) is 4.74 Å². The Morgan fingerprint density at radius 2 is 1.89 bits per heavy atom. The number of rotatable bonds is 7. The van der Waals surface area contributed by atoms with E-state index in [1.807, 2.05) is 6.92 Å². The Morgan fingerprint density at radius 3 is 2.66 bits per heavy atom. The predicted octanol–water partition coefficient (Wildman–Crippen LogP) is 2.37. The van der Waals surface area contributed by atoms with Crippen molar-refractivity contribution in [3.8, 4) is 0 Å². The van der Waals surface area contributed by atoms with Crippen molar-refractivity contribution in [3.63, 3.8) is 0 Å². The van der Waals surface area contributed by atoms with E-state index in [-0.39, 0.29) is 23.3 Å². The van der Waals surface area contributed by atoms with Gasteiger partial charge in [-0.3, -0.25) is 18.8 Å². The van der Waals surface area contributed by atoms with Crippen molar-refractivity contribution in [2.75, 3.05) is 26.3 Å². The lowest BCUT2D eigenvalue weighted by Gasteiger charge is -2.32. The van der Waals surface area contributed by atoms with Gasteiger partial charge in [0.1, 0.15) is 6.04 Å². The molecule has 2 amide bonds. The molecule has 1 fully saturated rings. The molecule has 5 rings (SSSR count). The third-order valence-electron chi connectivity index (χ3n) is 7.40. The lowest BCUT2D eigenvalue weighted by molar-refractivity contribution is -0.129. The number of hydrogen-bond donors (Lipinski definition) is 2. The Labute approximate surface area is 223 Å². The number of morpholine rings is 1. The van der Waals surface area contributed by atoms with Gasteiger partial charge in [-0.05, 0) is 55.0 Å². The number of fused-ring (bicyclic) bond motifs is 1. The highest BCUT2D eigenvalue weighted by Gasteiger charge is 2.37. The molecule has 2 N–H and O–H groups in total. The first kappa shape index (κ1) is 26.4. The number of nitrogens with one attached hydrogen (secondary N) is 2. The van der Waals surface area contributed by atoms with Crippen LogP contribution in [-0.4, -0.2) is 61.8 Å². The van der Waals surface area contributed by atoms with Gasteiger partial charge in [0.25, 0.3) is 10.0 Å². The Balaban J connectivity index is 1.28. The van der Waals surface area contributed by atoms with E-state index < -0.39 is 22.0 Å². The van der Waals surface area contributed by atoms with E-state index >= 15 is 0 Å². The van der Waals surface area contributed by atoms with Crippen molar-refractivity contribution in [1.82, 2.24) is 19.8 Å². The third-order valence-corrected chi connectivity index (χ3v) is 9.20. The number of carbonyl (C=O) groups excluding carboxylic acids is 2. The zero-order valence-electron chi connectivity index (χ0n) is 21.6. The minimum absolute atomic E-state index is 0.0712. The van der Waals surface area contributed by atoms with Gasteiger partial charge in [0.15, 0.2) is 0 Å². The Morgan fingerprint density at radius 1 is 1.13 bits per heavy atom. The number of benzene rings is 2. The maximum absolute atomic E-state index is 13.3. The van der Waals surface area contributed by atoms with E-state index in [0.717, 1.165) is 67.5 Å². The van der Waals surface area contributed by atoms with Gasteiger partial charge >= 0.3 is 0 Å². The second-order valence-electron chi connectivity index (χ2n) is 10.1. The summed E-state index contributed by atoms with van der Waals surface area (Å²) in [6.07, 6.45) is 5.01. The van der Waals surface area contributed by atoms with Crippen LogP contribution in [0.3, 0.4) is 0 Å². The molecule has 0 aromatic heterocycles. The van der Waals surface area contributed by atoms with Gasteiger partial charge in [-0.1, -0.05) is 35.9 Å². The van der Waals surface area contributed by atoms with E-state index in [9.17, 15) is 18.0 Å². The van der Waals surface area contributed by atoms with Gasteiger partial charge in [-0.25, -0.2) is 8.42 Å². The molecule has 9 nitrogen and oxygen atoms in total. The minimum atomic E-state index is -4.01. The lowest BCUT2D eigenvalue weighted by Crippen LogP contribution is -2.51. The Hall–Kier alpha value is -3.21. The summed E-state index contributed by atoms with van der Waals surface area (Å²) >= 11 is 0. The highest BCUT2D eigenvalue weighted by atomic mass is 32.2. The van der Waals surface area contributed by atoms with Crippen LogP contribution in [0.1, 0.15) is 47.6 Å². The summed E-state index contributed by atoms with van der Waals surface area (Å²) in [5.74, 6) is -0.894. The number of ether oxygens (including phenoxy) is 1. The van der Waals surface area contributed by atoms with Crippen molar-refractivity contribution in [2.24, 2.45) is 0 Å². The second-order valence-corrected chi connectivity index (χ2v) is 12.0. The molecule has 2 aliphatic heterocycles. The number of carbonyl (C=O) groups is 2. The second kappa shape index (κ2) is 11.3. The Kier molecular flexibility index (Phi) is 7.83. The van der Waals surface area contributed by atoms with E-state index in [2.05, 4.69) is 33.7 Å². The fourth-order valence-electron chi connectivity index (χ4n) is 5.33. The number of amides is 2. The molecule has 0 bridgehead atoms. The van der Waals surface area contributed by atoms with E-state index in [1.54, 1.807) is 12.1 Å². The van der Waals surface area contributed by atoms with Gasteiger partial charge in [0.05, 0.1) is 30.6 Å². The summed E-state index contributed by atoms with van der Waals surface area (Å²) in [7, 11) is -4.01. The van der Waals surface area contributed by atoms with Crippen LogP contribution >= 0.6 is 0 Å². The molecule has 2 aromatic carbocycles. The SMILES string of the molecule is Cc1ccc(S(=O)(=O)N2C=CNC(=O)[C@H]2CC(=O)N[C@@H]2CCCc3cc(CN4CCOCC4)ccc32)cc1. The summed E-state index contributed by atoms with van der Waals surface area (Å²) in [4.78, 5) is 28.3. The van der Waals surface area contributed by atoms with Gasteiger partial charge in [0.2, 0.25) is 11.8 Å².